The molecule has 0 aromatic heterocycles. The average Bonchev–Trinajstić information content (AvgIpc) is 3.06. The number of fused-ring (bicyclic) bond motifs is 7. The van der Waals surface area contributed by atoms with Crippen LogP contribution >= 0.6 is 0 Å². The molecule has 2 saturated carbocycles. The van der Waals surface area contributed by atoms with Gasteiger partial charge in [-0.1, -0.05) is 36.4 Å². The summed E-state index contributed by atoms with van der Waals surface area (Å²) in [7, 11) is 0. The highest BCUT2D eigenvalue weighted by Gasteiger charge is 2.61. The third kappa shape index (κ3) is 2.93. The van der Waals surface area contributed by atoms with Crippen molar-refractivity contribution in [3.8, 4) is 0 Å². The second-order valence-electron chi connectivity index (χ2n) is 8.91. The lowest BCUT2D eigenvalue weighted by Gasteiger charge is -2.51. The molecule has 0 N–H and O–H groups in total. The van der Waals surface area contributed by atoms with E-state index in [1.54, 1.807) is 11.1 Å². The Bertz CT molecular complexity index is 772. The molecular weight excluding hydrogens is 352 g/mol. The minimum absolute atomic E-state index is 0.0126. The summed E-state index contributed by atoms with van der Waals surface area (Å²) in [5.74, 6) is 1.68. The van der Waals surface area contributed by atoms with Gasteiger partial charge in [-0.2, -0.15) is 0 Å². The molecule has 4 nitrogen and oxygen atoms in total. The molecule has 0 amide bonds. The molecule has 5 rings (SSSR count). The van der Waals surface area contributed by atoms with E-state index in [9.17, 15) is 4.79 Å². The summed E-state index contributed by atoms with van der Waals surface area (Å²) in [6.45, 7) is 3.20. The van der Waals surface area contributed by atoms with Gasteiger partial charge >= 0.3 is 5.97 Å². The Morgan fingerprint density at radius 2 is 2.11 bits per heavy atom. The standard InChI is InChI=1S/C24H30O4/c1-16(25)26-12-4-10-24-11-9-19-18-6-3-2-5-17(18)7-8-20(19)21(24)15-22-23(24)28-14-13-27-22/h2-6,10,19-23H,7-9,11-15H2,1H3/b10-4+/t19-,20-,21+,22?,23?,24+/m1/s1. The third-order valence-electron chi connectivity index (χ3n) is 7.69. The predicted octanol–water partition coefficient (Wildman–Crippen LogP) is 4.04. The van der Waals surface area contributed by atoms with Crippen LogP contribution in [0.3, 0.4) is 0 Å². The van der Waals surface area contributed by atoms with Crippen molar-refractivity contribution in [2.75, 3.05) is 19.8 Å². The molecule has 150 valence electrons. The smallest absolute Gasteiger partial charge is 0.302 e. The van der Waals surface area contributed by atoms with Gasteiger partial charge in [-0.25, -0.2) is 0 Å². The Morgan fingerprint density at radius 1 is 1.25 bits per heavy atom. The number of ether oxygens (including phenoxy) is 3. The van der Waals surface area contributed by atoms with Gasteiger partial charge in [0.1, 0.15) is 6.61 Å². The summed E-state index contributed by atoms with van der Waals surface area (Å²) in [4.78, 5) is 11.2. The van der Waals surface area contributed by atoms with Crippen LogP contribution in [0.5, 0.6) is 0 Å². The van der Waals surface area contributed by atoms with Crippen molar-refractivity contribution in [1.82, 2.24) is 0 Å². The molecule has 0 spiro atoms. The average molecular weight is 383 g/mol. The molecule has 3 fully saturated rings. The Morgan fingerprint density at radius 3 is 3.00 bits per heavy atom. The van der Waals surface area contributed by atoms with Crippen molar-refractivity contribution in [3.05, 3.63) is 47.5 Å². The normalized spacial score (nSPS) is 39.0. The lowest BCUT2D eigenvalue weighted by atomic mass is 9.54. The zero-order valence-electron chi connectivity index (χ0n) is 16.6. The fourth-order valence-corrected chi connectivity index (χ4v) is 6.71. The molecule has 2 unspecified atom stereocenters. The Balaban J connectivity index is 1.47. The third-order valence-corrected chi connectivity index (χ3v) is 7.69. The van der Waals surface area contributed by atoms with E-state index in [2.05, 4.69) is 30.3 Å². The zero-order chi connectivity index (χ0) is 19.1. The SMILES string of the molecule is CC(=O)OC/C=C/[C@]12CC[C@@H]3c4ccccc4CC[C@H]3[C@@H]1CC1OCCOC12. The van der Waals surface area contributed by atoms with E-state index in [4.69, 9.17) is 14.2 Å². The van der Waals surface area contributed by atoms with Gasteiger partial charge in [-0.05, 0) is 61.0 Å². The van der Waals surface area contributed by atoms with Gasteiger partial charge in [0.05, 0.1) is 25.4 Å². The van der Waals surface area contributed by atoms with E-state index in [1.807, 2.05) is 6.08 Å². The molecule has 1 aromatic rings. The van der Waals surface area contributed by atoms with Crippen LogP contribution in [0.2, 0.25) is 0 Å². The maximum absolute atomic E-state index is 11.2. The Labute approximate surface area is 167 Å². The number of carbonyl (C=O) groups excluding carboxylic acids is 1. The maximum Gasteiger partial charge on any atom is 0.302 e. The summed E-state index contributed by atoms with van der Waals surface area (Å²) in [6, 6.07) is 9.04. The van der Waals surface area contributed by atoms with E-state index in [0.717, 1.165) is 12.8 Å². The first kappa shape index (κ1) is 18.4. The highest BCUT2D eigenvalue weighted by atomic mass is 16.6. The van der Waals surface area contributed by atoms with Gasteiger partial charge in [0.25, 0.3) is 0 Å². The lowest BCUT2D eigenvalue weighted by molar-refractivity contribution is -0.155. The fourth-order valence-electron chi connectivity index (χ4n) is 6.71. The van der Waals surface area contributed by atoms with E-state index >= 15 is 0 Å². The van der Waals surface area contributed by atoms with E-state index in [-0.39, 0.29) is 23.6 Å². The number of esters is 1. The van der Waals surface area contributed by atoms with Gasteiger partial charge in [-0.15, -0.1) is 0 Å². The number of aryl methyl sites for hydroxylation is 1. The van der Waals surface area contributed by atoms with Crippen LogP contribution in [0.25, 0.3) is 0 Å². The van der Waals surface area contributed by atoms with Crippen molar-refractivity contribution in [3.63, 3.8) is 0 Å². The summed E-state index contributed by atoms with van der Waals surface area (Å²) < 4.78 is 17.7. The van der Waals surface area contributed by atoms with Crippen LogP contribution in [0.1, 0.15) is 49.7 Å². The van der Waals surface area contributed by atoms with Crippen molar-refractivity contribution < 1.29 is 19.0 Å². The molecule has 1 aliphatic heterocycles. The molecule has 6 atom stereocenters. The molecular formula is C24H30O4. The number of benzene rings is 1. The molecule has 1 heterocycles. The van der Waals surface area contributed by atoms with Crippen LogP contribution in [0.15, 0.2) is 36.4 Å². The first-order valence-electron chi connectivity index (χ1n) is 10.8. The first-order chi connectivity index (χ1) is 13.7. The highest BCUT2D eigenvalue weighted by Crippen LogP contribution is 2.63. The monoisotopic (exact) mass is 382 g/mol. The summed E-state index contributed by atoms with van der Waals surface area (Å²) >= 11 is 0. The van der Waals surface area contributed by atoms with Gasteiger partial charge in [0.2, 0.25) is 0 Å². The molecule has 3 aliphatic carbocycles. The molecule has 1 aromatic carbocycles. The quantitative estimate of drug-likeness (QED) is 0.585. The molecule has 28 heavy (non-hydrogen) atoms. The van der Waals surface area contributed by atoms with Crippen molar-refractivity contribution in [2.24, 2.45) is 17.3 Å². The maximum atomic E-state index is 11.2. The van der Waals surface area contributed by atoms with E-state index in [0.29, 0.717) is 37.6 Å². The zero-order valence-corrected chi connectivity index (χ0v) is 16.6. The second kappa shape index (κ2) is 7.31. The molecule has 4 aliphatic rings. The topological polar surface area (TPSA) is 44.8 Å². The Kier molecular flexibility index (Phi) is 4.80. The predicted molar refractivity (Wildman–Crippen MR) is 106 cm³/mol. The fraction of sp³-hybridized carbons (Fsp3) is 0.625. The largest absolute Gasteiger partial charge is 0.462 e. The molecule has 0 bridgehead atoms. The van der Waals surface area contributed by atoms with Crippen LogP contribution in [-0.4, -0.2) is 38.0 Å². The van der Waals surface area contributed by atoms with Crippen LogP contribution < -0.4 is 0 Å². The minimum atomic E-state index is -0.229. The van der Waals surface area contributed by atoms with Gasteiger partial charge in [0.15, 0.2) is 0 Å². The van der Waals surface area contributed by atoms with Crippen molar-refractivity contribution >= 4 is 5.97 Å². The number of hydrogen-bond donors (Lipinski definition) is 0. The highest BCUT2D eigenvalue weighted by molar-refractivity contribution is 5.66. The van der Waals surface area contributed by atoms with Gasteiger partial charge in [-0.3, -0.25) is 4.79 Å². The van der Waals surface area contributed by atoms with E-state index < -0.39 is 0 Å². The number of rotatable bonds is 3. The number of hydrogen-bond acceptors (Lipinski definition) is 4. The first-order valence-corrected chi connectivity index (χ1v) is 10.8. The summed E-state index contributed by atoms with van der Waals surface area (Å²) in [5, 5.41) is 0. The molecule has 1 saturated heterocycles. The summed E-state index contributed by atoms with van der Waals surface area (Å²) in [6.07, 6.45) is 10.6. The Hall–Kier alpha value is -1.65. The van der Waals surface area contributed by atoms with Crippen molar-refractivity contribution in [2.45, 2.75) is 57.2 Å². The minimum Gasteiger partial charge on any atom is -0.462 e. The van der Waals surface area contributed by atoms with E-state index in [1.165, 1.54) is 26.2 Å². The molecule has 4 heteroatoms. The van der Waals surface area contributed by atoms with Crippen LogP contribution in [0, 0.1) is 17.3 Å². The lowest BCUT2D eigenvalue weighted by Crippen LogP contribution is -2.48. The number of carbonyl (C=O) groups is 1. The van der Waals surface area contributed by atoms with Gasteiger partial charge in [0, 0.05) is 12.3 Å². The second-order valence-corrected chi connectivity index (χ2v) is 8.91. The van der Waals surface area contributed by atoms with Crippen LogP contribution in [-0.2, 0) is 25.4 Å². The van der Waals surface area contributed by atoms with Crippen LogP contribution in [0.4, 0.5) is 0 Å². The summed E-state index contributed by atoms with van der Waals surface area (Å²) in [5.41, 5.74) is 3.14. The van der Waals surface area contributed by atoms with Crippen molar-refractivity contribution in [1.29, 1.82) is 0 Å². The molecule has 0 radical (unpaired) electrons. The van der Waals surface area contributed by atoms with Gasteiger partial charge < -0.3 is 14.2 Å².